The van der Waals surface area contributed by atoms with Gasteiger partial charge in [-0.25, -0.2) is 4.98 Å². The van der Waals surface area contributed by atoms with Gasteiger partial charge < -0.3 is 14.4 Å². The van der Waals surface area contributed by atoms with Gasteiger partial charge in [0.15, 0.2) is 0 Å². The highest BCUT2D eigenvalue weighted by molar-refractivity contribution is 5.76. The summed E-state index contributed by atoms with van der Waals surface area (Å²) in [7, 11) is 0. The molecule has 108 valence electrons. The van der Waals surface area contributed by atoms with E-state index in [9.17, 15) is 5.11 Å². The van der Waals surface area contributed by atoms with Crippen LogP contribution in [0.25, 0.3) is 11.0 Å². The van der Waals surface area contributed by atoms with Crippen LogP contribution in [0.4, 0.5) is 0 Å². The first-order chi connectivity index (χ1) is 9.81. The van der Waals surface area contributed by atoms with E-state index in [1.165, 1.54) is 0 Å². The van der Waals surface area contributed by atoms with Gasteiger partial charge in [0, 0.05) is 19.6 Å². The minimum atomic E-state index is 0.128. The van der Waals surface area contributed by atoms with E-state index in [0.29, 0.717) is 6.54 Å². The lowest BCUT2D eigenvalue weighted by molar-refractivity contribution is 0.0175. The van der Waals surface area contributed by atoms with Gasteiger partial charge in [0.05, 0.1) is 36.9 Å². The predicted octanol–water partition coefficient (Wildman–Crippen LogP) is 1.42. The standard InChI is InChI=1S/C15H21N3O2/c1-12(17-7-10-20-11-8-17)15-16-13-4-2-3-5-14(13)18(15)6-9-19/h2-5,12,19H,6-11H2,1H3. The van der Waals surface area contributed by atoms with Gasteiger partial charge >= 0.3 is 0 Å². The summed E-state index contributed by atoms with van der Waals surface area (Å²) in [6, 6.07) is 8.34. The fourth-order valence-electron chi connectivity index (χ4n) is 2.88. The van der Waals surface area contributed by atoms with E-state index < -0.39 is 0 Å². The number of morpholine rings is 1. The molecular formula is C15H21N3O2. The van der Waals surface area contributed by atoms with Crippen molar-refractivity contribution < 1.29 is 9.84 Å². The van der Waals surface area contributed by atoms with E-state index in [1.54, 1.807) is 0 Å². The van der Waals surface area contributed by atoms with Crippen molar-refractivity contribution in [2.24, 2.45) is 0 Å². The Morgan fingerprint density at radius 2 is 2.05 bits per heavy atom. The summed E-state index contributed by atoms with van der Waals surface area (Å²) in [5.74, 6) is 1.03. The molecule has 5 nitrogen and oxygen atoms in total. The molecule has 1 aliphatic heterocycles. The van der Waals surface area contributed by atoms with Crippen LogP contribution in [0.2, 0.25) is 0 Å². The van der Waals surface area contributed by atoms with Crippen LogP contribution in [0.1, 0.15) is 18.8 Å². The van der Waals surface area contributed by atoms with Crippen LogP contribution < -0.4 is 0 Å². The third-order valence-electron chi connectivity index (χ3n) is 3.97. The van der Waals surface area contributed by atoms with Crippen molar-refractivity contribution in [2.45, 2.75) is 19.5 Å². The van der Waals surface area contributed by atoms with E-state index in [4.69, 9.17) is 9.72 Å². The van der Waals surface area contributed by atoms with Gasteiger partial charge in [0.25, 0.3) is 0 Å². The smallest absolute Gasteiger partial charge is 0.127 e. The van der Waals surface area contributed by atoms with E-state index in [0.717, 1.165) is 43.2 Å². The van der Waals surface area contributed by atoms with Crippen molar-refractivity contribution in [1.29, 1.82) is 0 Å². The largest absolute Gasteiger partial charge is 0.395 e. The lowest BCUT2D eigenvalue weighted by Crippen LogP contribution is -2.39. The first kappa shape index (κ1) is 13.5. The van der Waals surface area contributed by atoms with Gasteiger partial charge in [-0.1, -0.05) is 12.1 Å². The molecule has 1 saturated heterocycles. The highest BCUT2D eigenvalue weighted by Gasteiger charge is 2.23. The molecule has 2 aromatic rings. The first-order valence-corrected chi connectivity index (χ1v) is 7.19. The highest BCUT2D eigenvalue weighted by atomic mass is 16.5. The molecule has 0 saturated carbocycles. The average molecular weight is 275 g/mol. The zero-order valence-electron chi connectivity index (χ0n) is 11.8. The Hall–Kier alpha value is -1.43. The summed E-state index contributed by atoms with van der Waals surface area (Å²) in [5, 5.41) is 9.33. The van der Waals surface area contributed by atoms with Gasteiger partial charge in [-0.2, -0.15) is 0 Å². The monoisotopic (exact) mass is 275 g/mol. The maximum Gasteiger partial charge on any atom is 0.127 e. The Morgan fingerprint density at radius 1 is 1.30 bits per heavy atom. The molecular weight excluding hydrogens is 254 g/mol. The number of aliphatic hydroxyl groups excluding tert-OH is 1. The SMILES string of the molecule is CC(c1nc2ccccc2n1CCO)N1CCOCC1. The summed E-state index contributed by atoms with van der Waals surface area (Å²) in [5.41, 5.74) is 2.09. The summed E-state index contributed by atoms with van der Waals surface area (Å²) in [6.07, 6.45) is 0. The number of rotatable bonds is 4. The van der Waals surface area contributed by atoms with Crippen LogP contribution >= 0.6 is 0 Å². The van der Waals surface area contributed by atoms with Crippen LogP contribution in [-0.2, 0) is 11.3 Å². The molecule has 1 aromatic heterocycles. The Balaban J connectivity index is 1.98. The van der Waals surface area contributed by atoms with Gasteiger partial charge in [-0.05, 0) is 19.1 Å². The maximum atomic E-state index is 9.33. The first-order valence-electron chi connectivity index (χ1n) is 7.19. The number of aromatic nitrogens is 2. The van der Waals surface area contributed by atoms with Gasteiger partial charge in [0.2, 0.25) is 0 Å². The number of aliphatic hydroxyl groups is 1. The Kier molecular flexibility index (Phi) is 4.00. The molecule has 1 unspecified atom stereocenters. The average Bonchev–Trinajstić information content (AvgIpc) is 2.87. The van der Waals surface area contributed by atoms with Gasteiger partial charge in [-0.15, -0.1) is 0 Å². The van der Waals surface area contributed by atoms with Crippen LogP contribution in [0.5, 0.6) is 0 Å². The number of benzene rings is 1. The van der Waals surface area contributed by atoms with Crippen molar-refractivity contribution in [3.63, 3.8) is 0 Å². The zero-order valence-corrected chi connectivity index (χ0v) is 11.8. The fraction of sp³-hybridized carbons (Fsp3) is 0.533. The molecule has 0 radical (unpaired) electrons. The lowest BCUT2D eigenvalue weighted by atomic mass is 10.2. The Morgan fingerprint density at radius 3 is 2.80 bits per heavy atom. The van der Waals surface area contributed by atoms with E-state index in [2.05, 4.69) is 22.5 Å². The molecule has 1 fully saturated rings. The number of nitrogens with zero attached hydrogens (tertiary/aromatic N) is 3. The third-order valence-corrected chi connectivity index (χ3v) is 3.97. The topological polar surface area (TPSA) is 50.5 Å². The number of imidazole rings is 1. The molecule has 1 aromatic carbocycles. The molecule has 1 atom stereocenters. The molecule has 0 amide bonds. The molecule has 0 bridgehead atoms. The molecule has 0 spiro atoms. The predicted molar refractivity (Wildman–Crippen MR) is 77.6 cm³/mol. The lowest BCUT2D eigenvalue weighted by Gasteiger charge is -2.32. The van der Waals surface area contributed by atoms with Gasteiger partial charge in [-0.3, -0.25) is 4.90 Å². The number of fused-ring (bicyclic) bond motifs is 1. The van der Waals surface area contributed by atoms with Crippen molar-refractivity contribution in [3.8, 4) is 0 Å². The number of hydrogen-bond acceptors (Lipinski definition) is 4. The van der Waals surface area contributed by atoms with Crippen molar-refractivity contribution in [3.05, 3.63) is 30.1 Å². The molecule has 1 N–H and O–H groups in total. The molecule has 5 heteroatoms. The third kappa shape index (κ3) is 2.44. The quantitative estimate of drug-likeness (QED) is 0.917. The Bertz CT molecular complexity index is 576. The summed E-state index contributed by atoms with van der Waals surface area (Å²) in [4.78, 5) is 7.16. The fourth-order valence-corrected chi connectivity index (χ4v) is 2.88. The summed E-state index contributed by atoms with van der Waals surface area (Å²) >= 11 is 0. The van der Waals surface area contributed by atoms with Crippen molar-refractivity contribution >= 4 is 11.0 Å². The highest BCUT2D eigenvalue weighted by Crippen LogP contribution is 2.25. The summed E-state index contributed by atoms with van der Waals surface area (Å²) in [6.45, 7) is 6.33. The molecule has 0 aliphatic carbocycles. The molecule has 2 heterocycles. The summed E-state index contributed by atoms with van der Waals surface area (Å²) < 4.78 is 7.55. The van der Waals surface area contributed by atoms with Crippen LogP contribution in [-0.4, -0.2) is 52.5 Å². The molecule has 3 rings (SSSR count). The minimum Gasteiger partial charge on any atom is -0.395 e. The zero-order chi connectivity index (χ0) is 13.9. The molecule has 1 aliphatic rings. The second kappa shape index (κ2) is 5.91. The number of hydrogen-bond donors (Lipinski definition) is 1. The Labute approximate surface area is 118 Å². The van der Waals surface area contributed by atoms with Crippen molar-refractivity contribution in [1.82, 2.24) is 14.5 Å². The van der Waals surface area contributed by atoms with Crippen molar-refractivity contribution in [2.75, 3.05) is 32.9 Å². The second-order valence-electron chi connectivity index (χ2n) is 5.16. The van der Waals surface area contributed by atoms with Gasteiger partial charge in [0.1, 0.15) is 5.82 Å². The van der Waals surface area contributed by atoms with Crippen LogP contribution in [0.3, 0.4) is 0 Å². The van der Waals surface area contributed by atoms with E-state index >= 15 is 0 Å². The van der Waals surface area contributed by atoms with Crippen LogP contribution in [0.15, 0.2) is 24.3 Å². The molecule has 20 heavy (non-hydrogen) atoms. The van der Waals surface area contributed by atoms with E-state index in [-0.39, 0.29) is 12.6 Å². The minimum absolute atomic E-state index is 0.128. The number of para-hydroxylation sites is 2. The second-order valence-corrected chi connectivity index (χ2v) is 5.16. The number of ether oxygens (including phenoxy) is 1. The van der Waals surface area contributed by atoms with E-state index in [1.807, 2.05) is 18.2 Å². The van der Waals surface area contributed by atoms with Crippen LogP contribution in [0, 0.1) is 0 Å². The normalized spacial score (nSPS) is 18.5. The maximum absolute atomic E-state index is 9.33.